The zero-order chi connectivity index (χ0) is 17.4. The van der Waals surface area contributed by atoms with Crippen LogP contribution in [0.5, 0.6) is 11.5 Å². The minimum absolute atomic E-state index is 0.115. The summed E-state index contributed by atoms with van der Waals surface area (Å²) in [7, 11) is 1.44. The molecular weight excluding hydrogens is 320 g/mol. The van der Waals surface area contributed by atoms with E-state index in [1.807, 2.05) is 13.8 Å². The van der Waals surface area contributed by atoms with E-state index in [0.29, 0.717) is 18.7 Å². The Morgan fingerprint density at radius 1 is 1.22 bits per heavy atom. The molecule has 0 aromatic heterocycles. The van der Waals surface area contributed by atoms with E-state index < -0.39 is 5.91 Å². The Labute approximate surface area is 141 Å². The van der Waals surface area contributed by atoms with Crippen molar-refractivity contribution in [2.24, 2.45) is 5.73 Å². The minimum Gasteiger partial charge on any atom is -0.493 e. The standard InChI is InChI=1S/C16H23ClN2O4/c1-4-6-19(7-5-2)16(21)11-8-12(17)15(13(9-11)22-3)23-10-14(18)20/h8-9H,4-7,10H2,1-3H3,(H2,18,20). The van der Waals surface area contributed by atoms with Crippen molar-refractivity contribution < 1.29 is 19.1 Å². The van der Waals surface area contributed by atoms with Crippen LogP contribution in [0.4, 0.5) is 0 Å². The van der Waals surface area contributed by atoms with Crippen LogP contribution in [0, 0.1) is 0 Å². The topological polar surface area (TPSA) is 81.9 Å². The van der Waals surface area contributed by atoms with Gasteiger partial charge in [0.1, 0.15) is 0 Å². The molecule has 1 aromatic rings. The van der Waals surface area contributed by atoms with E-state index in [1.165, 1.54) is 13.2 Å². The van der Waals surface area contributed by atoms with Gasteiger partial charge in [-0.3, -0.25) is 9.59 Å². The zero-order valence-electron chi connectivity index (χ0n) is 13.7. The third-order valence-corrected chi connectivity index (χ3v) is 3.39. The van der Waals surface area contributed by atoms with Gasteiger partial charge in [-0.1, -0.05) is 25.4 Å². The van der Waals surface area contributed by atoms with E-state index in [2.05, 4.69) is 0 Å². The number of benzene rings is 1. The molecule has 0 unspecified atom stereocenters. The van der Waals surface area contributed by atoms with Gasteiger partial charge in [0, 0.05) is 18.7 Å². The van der Waals surface area contributed by atoms with E-state index in [9.17, 15) is 9.59 Å². The number of nitrogens with two attached hydrogens (primary N) is 1. The highest BCUT2D eigenvalue weighted by atomic mass is 35.5. The van der Waals surface area contributed by atoms with Crippen LogP contribution < -0.4 is 15.2 Å². The van der Waals surface area contributed by atoms with Crippen LogP contribution >= 0.6 is 11.6 Å². The third kappa shape index (κ3) is 5.32. The summed E-state index contributed by atoms with van der Waals surface area (Å²) in [4.78, 5) is 25.2. The molecule has 128 valence electrons. The number of rotatable bonds is 9. The maximum Gasteiger partial charge on any atom is 0.255 e. The largest absolute Gasteiger partial charge is 0.493 e. The first-order chi connectivity index (χ1) is 10.9. The van der Waals surface area contributed by atoms with Gasteiger partial charge in [0.25, 0.3) is 11.8 Å². The molecule has 0 heterocycles. The normalized spacial score (nSPS) is 10.3. The molecule has 23 heavy (non-hydrogen) atoms. The van der Waals surface area contributed by atoms with E-state index >= 15 is 0 Å². The SMILES string of the molecule is CCCN(CCC)C(=O)c1cc(Cl)c(OCC(N)=O)c(OC)c1. The van der Waals surface area contributed by atoms with Crippen molar-refractivity contribution >= 4 is 23.4 Å². The maximum atomic E-state index is 12.6. The number of halogens is 1. The molecule has 0 atom stereocenters. The maximum absolute atomic E-state index is 12.6. The first-order valence-electron chi connectivity index (χ1n) is 7.52. The molecule has 1 aromatic carbocycles. The fraction of sp³-hybridized carbons (Fsp3) is 0.500. The van der Waals surface area contributed by atoms with Crippen LogP contribution in [-0.4, -0.2) is 43.5 Å². The van der Waals surface area contributed by atoms with Crippen LogP contribution in [0.1, 0.15) is 37.0 Å². The average Bonchev–Trinajstić information content (AvgIpc) is 2.51. The highest BCUT2D eigenvalue weighted by Crippen LogP contribution is 2.36. The van der Waals surface area contributed by atoms with Gasteiger partial charge in [0.15, 0.2) is 18.1 Å². The van der Waals surface area contributed by atoms with E-state index in [1.54, 1.807) is 11.0 Å². The Bertz CT molecular complexity index is 557. The summed E-state index contributed by atoms with van der Waals surface area (Å²) in [6.07, 6.45) is 1.74. The number of hydrogen-bond donors (Lipinski definition) is 1. The van der Waals surface area contributed by atoms with Crippen LogP contribution in [-0.2, 0) is 4.79 Å². The van der Waals surface area contributed by atoms with E-state index in [4.69, 9.17) is 26.8 Å². The van der Waals surface area contributed by atoms with Gasteiger partial charge in [0.2, 0.25) is 0 Å². The quantitative estimate of drug-likeness (QED) is 0.747. The lowest BCUT2D eigenvalue weighted by Crippen LogP contribution is -2.32. The number of carbonyl (C=O) groups excluding carboxylic acids is 2. The van der Waals surface area contributed by atoms with Crippen LogP contribution in [0.3, 0.4) is 0 Å². The second-order valence-corrected chi connectivity index (χ2v) is 5.44. The van der Waals surface area contributed by atoms with E-state index in [-0.39, 0.29) is 29.0 Å². The number of hydrogen-bond acceptors (Lipinski definition) is 4. The van der Waals surface area contributed by atoms with Crippen molar-refractivity contribution in [1.29, 1.82) is 0 Å². The lowest BCUT2D eigenvalue weighted by molar-refractivity contribution is -0.119. The van der Waals surface area contributed by atoms with Crippen molar-refractivity contribution in [2.75, 3.05) is 26.8 Å². The number of methoxy groups -OCH3 is 1. The molecule has 0 bridgehead atoms. The van der Waals surface area contributed by atoms with Crippen molar-refractivity contribution in [1.82, 2.24) is 4.90 Å². The molecule has 2 amide bonds. The molecule has 0 fully saturated rings. The van der Waals surface area contributed by atoms with Gasteiger partial charge >= 0.3 is 0 Å². The molecule has 0 saturated heterocycles. The summed E-state index contributed by atoms with van der Waals surface area (Å²) in [6, 6.07) is 3.07. The lowest BCUT2D eigenvalue weighted by Gasteiger charge is -2.22. The van der Waals surface area contributed by atoms with Crippen LogP contribution in [0.2, 0.25) is 5.02 Å². The molecule has 0 aliphatic rings. The summed E-state index contributed by atoms with van der Waals surface area (Å²) < 4.78 is 10.5. The number of primary amides is 1. The summed E-state index contributed by atoms with van der Waals surface area (Å²) in [5.74, 6) is -0.257. The number of carbonyl (C=O) groups is 2. The molecule has 0 aliphatic heterocycles. The summed E-state index contributed by atoms with van der Waals surface area (Å²) in [5, 5.41) is 0.196. The van der Waals surface area contributed by atoms with Crippen LogP contribution in [0.25, 0.3) is 0 Å². The third-order valence-electron chi connectivity index (χ3n) is 3.11. The summed E-state index contributed by atoms with van der Waals surface area (Å²) in [5.41, 5.74) is 5.47. The van der Waals surface area contributed by atoms with Crippen molar-refractivity contribution in [3.8, 4) is 11.5 Å². The number of amides is 2. The Balaban J connectivity index is 3.11. The van der Waals surface area contributed by atoms with Crippen molar-refractivity contribution in [3.63, 3.8) is 0 Å². The van der Waals surface area contributed by atoms with Gasteiger partial charge in [0.05, 0.1) is 12.1 Å². The molecule has 0 radical (unpaired) electrons. The Hall–Kier alpha value is -1.95. The predicted octanol–water partition coefficient (Wildman–Crippen LogP) is 2.47. The first-order valence-corrected chi connectivity index (χ1v) is 7.90. The second-order valence-electron chi connectivity index (χ2n) is 5.04. The highest BCUT2D eigenvalue weighted by molar-refractivity contribution is 6.32. The fourth-order valence-electron chi connectivity index (χ4n) is 2.16. The predicted molar refractivity (Wildman–Crippen MR) is 89.2 cm³/mol. The number of nitrogens with zero attached hydrogens (tertiary/aromatic N) is 1. The molecule has 0 aliphatic carbocycles. The smallest absolute Gasteiger partial charge is 0.255 e. The van der Waals surface area contributed by atoms with Gasteiger partial charge in [-0.05, 0) is 25.0 Å². The molecule has 7 heteroatoms. The van der Waals surface area contributed by atoms with Gasteiger partial charge in [-0.25, -0.2) is 0 Å². The van der Waals surface area contributed by atoms with Crippen molar-refractivity contribution in [3.05, 3.63) is 22.7 Å². The van der Waals surface area contributed by atoms with E-state index in [0.717, 1.165) is 12.8 Å². The molecule has 6 nitrogen and oxygen atoms in total. The monoisotopic (exact) mass is 342 g/mol. The minimum atomic E-state index is -0.625. The molecule has 0 spiro atoms. The summed E-state index contributed by atoms with van der Waals surface area (Å²) in [6.45, 7) is 5.06. The molecule has 0 saturated carbocycles. The van der Waals surface area contributed by atoms with Gasteiger partial charge < -0.3 is 20.1 Å². The fourth-order valence-corrected chi connectivity index (χ4v) is 2.43. The Morgan fingerprint density at radius 3 is 2.30 bits per heavy atom. The second kappa shape index (κ2) is 9.25. The number of ether oxygens (including phenoxy) is 2. The molecule has 2 N–H and O–H groups in total. The highest BCUT2D eigenvalue weighted by Gasteiger charge is 2.20. The average molecular weight is 343 g/mol. The van der Waals surface area contributed by atoms with Crippen LogP contribution in [0.15, 0.2) is 12.1 Å². The van der Waals surface area contributed by atoms with Gasteiger partial charge in [-0.2, -0.15) is 0 Å². The Morgan fingerprint density at radius 2 is 1.83 bits per heavy atom. The first kappa shape index (κ1) is 19.1. The lowest BCUT2D eigenvalue weighted by atomic mass is 10.1. The molecule has 1 rings (SSSR count). The molecular formula is C16H23ClN2O4. The van der Waals surface area contributed by atoms with Crippen molar-refractivity contribution in [2.45, 2.75) is 26.7 Å². The Kier molecular flexibility index (Phi) is 7.68. The zero-order valence-corrected chi connectivity index (χ0v) is 14.5. The van der Waals surface area contributed by atoms with Gasteiger partial charge in [-0.15, -0.1) is 0 Å². The summed E-state index contributed by atoms with van der Waals surface area (Å²) >= 11 is 6.17.